The average Bonchev–Trinajstić information content (AvgIpc) is 2.25. The van der Waals surface area contributed by atoms with Crippen LogP contribution in [-0.4, -0.2) is 27.7 Å². The zero-order chi connectivity index (χ0) is 12.4. The summed E-state index contributed by atoms with van der Waals surface area (Å²) in [6.45, 7) is 5.79. The fourth-order valence-corrected chi connectivity index (χ4v) is 1.76. The highest BCUT2D eigenvalue weighted by atomic mass is 16.5. The van der Waals surface area contributed by atoms with E-state index in [-0.39, 0.29) is 24.0 Å². The standard InChI is InChI=1S/C12H14N2O3/c1-3-17-12(16)9-6-13-10(14-11(9)15)8-4-7(2)5-8/h6,8H,2-5H2,1H3,(H,13,14,15). The Morgan fingerprint density at radius 1 is 1.65 bits per heavy atom. The van der Waals surface area contributed by atoms with Crippen LogP contribution in [0.25, 0.3) is 0 Å². The van der Waals surface area contributed by atoms with Crippen molar-refractivity contribution in [2.45, 2.75) is 25.7 Å². The van der Waals surface area contributed by atoms with Crippen molar-refractivity contribution in [3.8, 4) is 5.88 Å². The number of aromatic nitrogens is 2. The first kappa shape index (κ1) is 11.6. The third-order valence-corrected chi connectivity index (χ3v) is 2.72. The number of ether oxygens (including phenoxy) is 1. The van der Waals surface area contributed by atoms with Crippen LogP contribution in [0.15, 0.2) is 18.3 Å². The largest absolute Gasteiger partial charge is 0.493 e. The van der Waals surface area contributed by atoms with Gasteiger partial charge in [0.1, 0.15) is 11.4 Å². The quantitative estimate of drug-likeness (QED) is 0.637. The number of esters is 1. The van der Waals surface area contributed by atoms with E-state index in [2.05, 4.69) is 16.5 Å². The number of carbonyl (C=O) groups is 1. The van der Waals surface area contributed by atoms with E-state index in [4.69, 9.17) is 4.74 Å². The molecule has 0 saturated heterocycles. The van der Waals surface area contributed by atoms with E-state index in [9.17, 15) is 9.90 Å². The van der Waals surface area contributed by atoms with Gasteiger partial charge >= 0.3 is 5.97 Å². The van der Waals surface area contributed by atoms with E-state index in [0.29, 0.717) is 5.82 Å². The van der Waals surface area contributed by atoms with Crippen LogP contribution in [0.2, 0.25) is 0 Å². The van der Waals surface area contributed by atoms with Gasteiger partial charge < -0.3 is 9.84 Å². The van der Waals surface area contributed by atoms with Crippen molar-refractivity contribution in [2.75, 3.05) is 6.61 Å². The zero-order valence-electron chi connectivity index (χ0n) is 9.64. The summed E-state index contributed by atoms with van der Waals surface area (Å²) in [4.78, 5) is 19.4. The first-order valence-corrected chi connectivity index (χ1v) is 5.51. The lowest BCUT2D eigenvalue weighted by molar-refractivity contribution is 0.0521. The maximum absolute atomic E-state index is 11.4. The van der Waals surface area contributed by atoms with Crippen LogP contribution >= 0.6 is 0 Å². The minimum atomic E-state index is -0.602. The normalized spacial score (nSPS) is 15.5. The second-order valence-corrected chi connectivity index (χ2v) is 4.04. The Balaban J connectivity index is 2.17. The smallest absolute Gasteiger partial charge is 0.345 e. The Hall–Kier alpha value is -1.91. The molecule has 0 bridgehead atoms. The second-order valence-electron chi connectivity index (χ2n) is 4.04. The van der Waals surface area contributed by atoms with Crippen molar-refractivity contribution in [2.24, 2.45) is 0 Å². The molecule has 17 heavy (non-hydrogen) atoms. The first-order chi connectivity index (χ1) is 8.11. The SMILES string of the molecule is C=C1CC(c2ncc(C(=O)OCC)c(O)n2)C1. The highest BCUT2D eigenvalue weighted by molar-refractivity contribution is 5.91. The molecule has 1 aliphatic rings. The lowest BCUT2D eigenvalue weighted by atomic mass is 9.80. The summed E-state index contributed by atoms with van der Waals surface area (Å²) in [5.41, 5.74) is 1.17. The van der Waals surface area contributed by atoms with Gasteiger partial charge in [-0.05, 0) is 19.8 Å². The van der Waals surface area contributed by atoms with E-state index in [1.165, 1.54) is 6.20 Å². The number of allylic oxidation sites excluding steroid dienone is 1. The topological polar surface area (TPSA) is 72.3 Å². The van der Waals surface area contributed by atoms with Crippen molar-refractivity contribution < 1.29 is 14.6 Å². The van der Waals surface area contributed by atoms with Crippen molar-refractivity contribution in [1.82, 2.24) is 9.97 Å². The number of rotatable bonds is 3. The molecule has 0 aliphatic heterocycles. The lowest BCUT2D eigenvalue weighted by Crippen LogP contribution is -2.16. The monoisotopic (exact) mass is 234 g/mol. The van der Waals surface area contributed by atoms with Crippen LogP contribution in [0.3, 0.4) is 0 Å². The van der Waals surface area contributed by atoms with Gasteiger partial charge in [0.05, 0.1) is 6.61 Å². The third-order valence-electron chi connectivity index (χ3n) is 2.72. The number of hydrogen-bond acceptors (Lipinski definition) is 5. The second kappa shape index (κ2) is 4.53. The van der Waals surface area contributed by atoms with E-state index < -0.39 is 5.97 Å². The highest BCUT2D eigenvalue weighted by Crippen LogP contribution is 2.38. The van der Waals surface area contributed by atoms with Gasteiger partial charge in [0.15, 0.2) is 0 Å². The predicted molar refractivity (Wildman–Crippen MR) is 60.8 cm³/mol. The van der Waals surface area contributed by atoms with Gasteiger partial charge in [-0.15, -0.1) is 0 Å². The summed E-state index contributed by atoms with van der Waals surface area (Å²) in [6, 6.07) is 0. The molecule has 1 heterocycles. The third kappa shape index (κ3) is 2.27. The Morgan fingerprint density at radius 3 is 2.88 bits per heavy atom. The molecule has 1 N–H and O–H groups in total. The Bertz CT molecular complexity index is 463. The van der Waals surface area contributed by atoms with Crippen LogP contribution in [-0.2, 0) is 4.74 Å². The van der Waals surface area contributed by atoms with Gasteiger partial charge in [-0.3, -0.25) is 0 Å². The summed E-state index contributed by atoms with van der Waals surface area (Å²) in [5, 5.41) is 9.65. The Labute approximate surface area is 99.2 Å². The Kier molecular flexibility index (Phi) is 3.08. The number of aromatic hydroxyl groups is 1. The maximum Gasteiger partial charge on any atom is 0.345 e. The molecule has 0 spiro atoms. The van der Waals surface area contributed by atoms with Crippen LogP contribution in [0.5, 0.6) is 5.88 Å². The van der Waals surface area contributed by atoms with Gasteiger partial charge in [0.25, 0.3) is 0 Å². The fraction of sp³-hybridized carbons (Fsp3) is 0.417. The fourth-order valence-electron chi connectivity index (χ4n) is 1.76. The van der Waals surface area contributed by atoms with Gasteiger partial charge in [-0.1, -0.05) is 12.2 Å². The van der Waals surface area contributed by atoms with Crippen molar-refractivity contribution in [1.29, 1.82) is 0 Å². The molecule has 0 aromatic carbocycles. The summed E-state index contributed by atoms with van der Waals surface area (Å²) < 4.78 is 4.77. The van der Waals surface area contributed by atoms with E-state index in [1.807, 2.05) is 0 Å². The summed E-state index contributed by atoms with van der Waals surface area (Å²) in [5.74, 6) is -0.145. The molecule has 90 valence electrons. The van der Waals surface area contributed by atoms with Crippen LogP contribution in [0.1, 0.15) is 41.9 Å². The summed E-state index contributed by atoms with van der Waals surface area (Å²) in [6.07, 6.45) is 3.01. The maximum atomic E-state index is 11.4. The van der Waals surface area contributed by atoms with Crippen molar-refractivity contribution in [3.05, 3.63) is 29.7 Å². The number of nitrogens with zero attached hydrogens (tertiary/aromatic N) is 2. The van der Waals surface area contributed by atoms with Gasteiger partial charge in [0.2, 0.25) is 5.88 Å². The number of carbonyl (C=O) groups excluding carboxylic acids is 1. The molecule has 1 aliphatic carbocycles. The Morgan fingerprint density at radius 2 is 2.35 bits per heavy atom. The van der Waals surface area contributed by atoms with Crippen molar-refractivity contribution in [3.63, 3.8) is 0 Å². The first-order valence-electron chi connectivity index (χ1n) is 5.51. The van der Waals surface area contributed by atoms with Crippen LogP contribution in [0, 0.1) is 0 Å². The van der Waals surface area contributed by atoms with Gasteiger partial charge in [-0.25, -0.2) is 9.78 Å². The lowest BCUT2D eigenvalue weighted by Gasteiger charge is -2.26. The molecule has 1 saturated carbocycles. The minimum Gasteiger partial charge on any atom is -0.493 e. The van der Waals surface area contributed by atoms with Gasteiger partial charge in [0, 0.05) is 12.1 Å². The van der Waals surface area contributed by atoms with E-state index in [1.54, 1.807) is 6.92 Å². The summed E-state index contributed by atoms with van der Waals surface area (Å²) >= 11 is 0. The predicted octanol–water partition coefficient (Wildman–Crippen LogP) is 1.79. The molecular formula is C12H14N2O3. The zero-order valence-corrected chi connectivity index (χ0v) is 9.64. The molecule has 1 fully saturated rings. The molecule has 1 aromatic rings. The molecule has 0 radical (unpaired) electrons. The molecule has 2 rings (SSSR count). The minimum absolute atomic E-state index is 0.00810. The highest BCUT2D eigenvalue weighted by Gasteiger charge is 2.27. The van der Waals surface area contributed by atoms with Gasteiger partial charge in [-0.2, -0.15) is 4.98 Å². The molecule has 1 aromatic heterocycles. The average molecular weight is 234 g/mol. The molecular weight excluding hydrogens is 220 g/mol. The summed E-state index contributed by atoms with van der Waals surface area (Å²) in [7, 11) is 0. The number of hydrogen-bond donors (Lipinski definition) is 1. The van der Waals surface area contributed by atoms with Crippen LogP contribution < -0.4 is 0 Å². The van der Waals surface area contributed by atoms with E-state index >= 15 is 0 Å². The van der Waals surface area contributed by atoms with Crippen molar-refractivity contribution >= 4 is 5.97 Å². The molecule has 0 atom stereocenters. The molecule has 0 amide bonds. The van der Waals surface area contributed by atoms with Crippen LogP contribution in [0.4, 0.5) is 0 Å². The molecule has 5 heteroatoms. The molecule has 5 nitrogen and oxygen atoms in total. The van der Waals surface area contributed by atoms with E-state index in [0.717, 1.165) is 18.4 Å². The molecule has 0 unspecified atom stereocenters.